The maximum atomic E-state index is 5.98. The van der Waals surface area contributed by atoms with Crippen molar-refractivity contribution in [1.82, 2.24) is 4.98 Å². The Bertz CT molecular complexity index is 519. The van der Waals surface area contributed by atoms with Crippen molar-refractivity contribution in [2.45, 2.75) is 0 Å². The number of hydrogen-bond donors (Lipinski definition) is 1. The molecule has 0 radical (unpaired) electrons. The molecule has 82 valence electrons. The fourth-order valence-electron chi connectivity index (χ4n) is 1.18. The lowest BCUT2D eigenvalue weighted by atomic mass is 10.3. The molecular formula is C11H8BrClN2O. The smallest absolute Gasteiger partial charge is 0.146 e. The number of nitrogens with two attached hydrogens (primary N) is 1. The zero-order valence-electron chi connectivity index (χ0n) is 8.15. The second-order valence-corrected chi connectivity index (χ2v) is 4.45. The summed E-state index contributed by atoms with van der Waals surface area (Å²) < 4.78 is 6.41. The van der Waals surface area contributed by atoms with Crippen molar-refractivity contribution in [3.05, 3.63) is 46.2 Å². The molecule has 0 aliphatic carbocycles. The molecule has 0 amide bonds. The molecule has 0 bridgehead atoms. The second-order valence-electron chi connectivity index (χ2n) is 3.13. The third-order valence-corrected chi connectivity index (χ3v) is 2.59. The van der Waals surface area contributed by atoms with Crippen LogP contribution in [0, 0.1) is 0 Å². The van der Waals surface area contributed by atoms with Gasteiger partial charge in [0.05, 0.1) is 11.2 Å². The number of pyridine rings is 1. The molecule has 1 aromatic carbocycles. The van der Waals surface area contributed by atoms with Gasteiger partial charge in [-0.1, -0.05) is 11.6 Å². The molecule has 3 nitrogen and oxygen atoms in total. The first-order chi connectivity index (χ1) is 7.65. The van der Waals surface area contributed by atoms with Crippen molar-refractivity contribution in [2.75, 3.05) is 5.73 Å². The standard InChI is InChI=1S/C11H8BrClN2O/c12-7-3-9(6-15-5-7)16-11-2-1-8(14)4-10(11)13/h1-6H,14H2. The minimum atomic E-state index is 0.472. The van der Waals surface area contributed by atoms with E-state index < -0.39 is 0 Å². The molecule has 0 saturated carbocycles. The number of aromatic nitrogens is 1. The maximum Gasteiger partial charge on any atom is 0.146 e. The molecule has 0 fully saturated rings. The molecule has 0 aliphatic heterocycles. The Morgan fingerprint density at radius 1 is 1.25 bits per heavy atom. The van der Waals surface area contributed by atoms with E-state index in [1.807, 2.05) is 0 Å². The normalized spacial score (nSPS) is 10.1. The van der Waals surface area contributed by atoms with Crippen molar-refractivity contribution < 1.29 is 4.74 Å². The number of hydrogen-bond acceptors (Lipinski definition) is 3. The molecule has 0 atom stereocenters. The van der Waals surface area contributed by atoms with Crippen LogP contribution >= 0.6 is 27.5 Å². The molecule has 2 N–H and O–H groups in total. The van der Waals surface area contributed by atoms with E-state index in [1.165, 1.54) is 0 Å². The lowest BCUT2D eigenvalue weighted by Crippen LogP contribution is -1.89. The third kappa shape index (κ3) is 2.65. The highest BCUT2D eigenvalue weighted by Gasteiger charge is 2.04. The summed E-state index contributed by atoms with van der Waals surface area (Å²) in [7, 11) is 0. The first-order valence-electron chi connectivity index (χ1n) is 4.48. The molecule has 16 heavy (non-hydrogen) atoms. The Morgan fingerprint density at radius 2 is 2.06 bits per heavy atom. The van der Waals surface area contributed by atoms with Gasteiger partial charge in [0.2, 0.25) is 0 Å². The summed E-state index contributed by atoms with van der Waals surface area (Å²) >= 11 is 9.29. The highest BCUT2D eigenvalue weighted by Crippen LogP contribution is 2.31. The maximum absolute atomic E-state index is 5.98. The van der Waals surface area contributed by atoms with E-state index in [1.54, 1.807) is 36.7 Å². The van der Waals surface area contributed by atoms with Gasteiger partial charge in [-0.05, 0) is 40.2 Å². The lowest BCUT2D eigenvalue weighted by Gasteiger charge is -2.07. The van der Waals surface area contributed by atoms with Gasteiger partial charge in [0.25, 0.3) is 0 Å². The number of halogens is 2. The van der Waals surface area contributed by atoms with Gasteiger partial charge in [0, 0.05) is 16.4 Å². The van der Waals surface area contributed by atoms with Crippen LogP contribution in [0.1, 0.15) is 0 Å². The van der Waals surface area contributed by atoms with Crippen LogP contribution < -0.4 is 10.5 Å². The van der Waals surface area contributed by atoms with E-state index in [4.69, 9.17) is 22.1 Å². The summed E-state index contributed by atoms with van der Waals surface area (Å²) in [6, 6.07) is 6.90. The second kappa shape index (κ2) is 4.72. The van der Waals surface area contributed by atoms with Gasteiger partial charge in [-0.2, -0.15) is 0 Å². The Balaban J connectivity index is 2.27. The molecule has 1 heterocycles. The average Bonchev–Trinajstić information content (AvgIpc) is 2.22. The molecule has 5 heteroatoms. The molecular weight excluding hydrogens is 291 g/mol. The highest BCUT2D eigenvalue weighted by molar-refractivity contribution is 9.10. The summed E-state index contributed by atoms with van der Waals surface area (Å²) in [5.74, 6) is 1.16. The minimum absolute atomic E-state index is 0.472. The fourth-order valence-corrected chi connectivity index (χ4v) is 1.75. The van der Waals surface area contributed by atoms with Crippen molar-refractivity contribution in [3.8, 4) is 11.5 Å². The van der Waals surface area contributed by atoms with Crippen molar-refractivity contribution >= 4 is 33.2 Å². The van der Waals surface area contributed by atoms with Gasteiger partial charge in [-0.3, -0.25) is 4.98 Å². The number of nitrogens with zero attached hydrogens (tertiary/aromatic N) is 1. The summed E-state index contributed by atoms with van der Waals surface area (Å²) in [5, 5.41) is 0.472. The molecule has 2 aromatic rings. The summed E-state index contributed by atoms with van der Waals surface area (Å²) in [4.78, 5) is 3.99. The van der Waals surface area contributed by atoms with Crippen LogP contribution in [0.15, 0.2) is 41.1 Å². The van der Waals surface area contributed by atoms with E-state index in [2.05, 4.69) is 20.9 Å². The highest BCUT2D eigenvalue weighted by atomic mass is 79.9. The van der Waals surface area contributed by atoms with Crippen LogP contribution in [0.3, 0.4) is 0 Å². The van der Waals surface area contributed by atoms with Gasteiger partial charge < -0.3 is 10.5 Å². The zero-order chi connectivity index (χ0) is 11.5. The van der Waals surface area contributed by atoms with Crippen LogP contribution in [-0.4, -0.2) is 4.98 Å². The largest absolute Gasteiger partial charge is 0.454 e. The van der Waals surface area contributed by atoms with Crippen LogP contribution in [0.2, 0.25) is 5.02 Å². The number of nitrogen functional groups attached to an aromatic ring is 1. The average molecular weight is 300 g/mol. The van der Waals surface area contributed by atoms with E-state index in [0.717, 1.165) is 4.47 Å². The molecule has 0 saturated heterocycles. The monoisotopic (exact) mass is 298 g/mol. The summed E-state index contributed by atoms with van der Waals surface area (Å²) in [6.07, 6.45) is 3.29. The van der Waals surface area contributed by atoms with Crippen LogP contribution in [0.4, 0.5) is 5.69 Å². The quantitative estimate of drug-likeness (QED) is 0.856. The number of anilines is 1. The van der Waals surface area contributed by atoms with Gasteiger partial charge in [-0.25, -0.2) is 0 Å². The number of ether oxygens (including phenoxy) is 1. The fraction of sp³-hybridized carbons (Fsp3) is 0. The molecule has 0 spiro atoms. The summed E-state index contributed by atoms with van der Waals surface area (Å²) in [6.45, 7) is 0. The number of rotatable bonds is 2. The minimum Gasteiger partial charge on any atom is -0.454 e. The Hall–Kier alpha value is -1.26. The molecule has 0 unspecified atom stereocenters. The third-order valence-electron chi connectivity index (χ3n) is 1.86. The topological polar surface area (TPSA) is 48.1 Å². The van der Waals surface area contributed by atoms with Gasteiger partial charge in [0.1, 0.15) is 11.5 Å². The first kappa shape index (κ1) is 11.2. The SMILES string of the molecule is Nc1ccc(Oc2cncc(Br)c2)c(Cl)c1. The van der Waals surface area contributed by atoms with Crippen LogP contribution in [0.5, 0.6) is 11.5 Å². The van der Waals surface area contributed by atoms with Gasteiger partial charge in [0.15, 0.2) is 0 Å². The van der Waals surface area contributed by atoms with E-state index in [0.29, 0.717) is 22.2 Å². The number of benzene rings is 1. The van der Waals surface area contributed by atoms with Gasteiger partial charge in [-0.15, -0.1) is 0 Å². The van der Waals surface area contributed by atoms with Gasteiger partial charge >= 0.3 is 0 Å². The van der Waals surface area contributed by atoms with Crippen LogP contribution in [-0.2, 0) is 0 Å². The zero-order valence-corrected chi connectivity index (χ0v) is 10.5. The van der Waals surface area contributed by atoms with Crippen molar-refractivity contribution in [1.29, 1.82) is 0 Å². The Kier molecular flexibility index (Phi) is 3.31. The predicted molar refractivity (Wildman–Crippen MR) is 67.9 cm³/mol. The molecule has 0 aliphatic rings. The summed E-state index contributed by atoms with van der Waals surface area (Å²) in [5.41, 5.74) is 6.19. The lowest BCUT2D eigenvalue weighted by molar-refractivity contribution is 0.480. The van der Waals surface area contributed by atoms with Crippen LogP contribution in [0.25, 0.3) is 0 Å². The van der Waals surface area contributed by atoms with E-state index in [-0.39, 0.29) is 0 Å². The molecule has 2 rings (SSSR count). The first-order valence-corrected chi connectivity index (χ1v) is 5.65. The van der Waals surface area contributed by atoms with E-state index in [9.17, 15) is 0 Å². The predicted octanol–water partition coefficient (Wildman–Crippen LogP) is 3.87. The van der Waals surface area contributed by atoms with Crippen molar-refractivity contribution in [3.63, 3.8) is 0 Å². The Morgan fingerprint density at radius 3 is 2.75 bits per heavy atom. The van der Waals surface area contributed by atoms with E-state index >= 15 is 0 Å². The van der Waals surface area contributed by atoms with Crippen molar-refractivity contribution in [2.24, 2.45) is 0 Å². The molecule has 1 aromatic heterocycles. The Labute approximate surface area is 106 Å².